The molecule has 0 aromatic rings. The first-order chi connectivity index (χ1) is 13.8. The van der Waals surface area contributed by atoms with E-state index in [9.17, 15) is 25.2 Å². The molecule has 0 heterocycles. The summed E-state index contributed by atoms with van der Waals surface area (Å²) in [6.45, 7) is 7.88. The third-order valence-corrected chi connectivity index (χ3v) is 6.01. The van der Waals surface area contributed by atoms with Crippen LogP contribution in [-0.4, -0.2) is 75.9 Å². The number of carboxylic acids is 1. The van der Waals surface area contributed by atoms with E-state index in [1.165, 1.54) is 0 Å². The van der Waals surface area contributed by atoms with Crippen molar-refractivity contribution in [3.8, 4) is 0 Å². The van der Waals surface area contributed by atoms with Crippen molar-refractivity contribution in [1.29, 1.82) is 0 Å². The van der Waals surface area contributed by atoms with Gasteiger partial charge in [-0.15, -0.1) is 0 Å². The Bertz CT molecular complexity index is 385. The Morgan fingerprint density at radius 1 is 0.793 bits per heavy atom. The normalized spacial score (nSPS) is 16.9. The Morgan fingerprint density at radius 2 is 1.28 bits per heavy atom. The zero-order valence-electron chi connectivity index (χ0n) is 19.2. The molecule has 0 saturated carbocycles. The van der Waals surface area contributed by atoms with Crippen molar-refractivity contribution in [1.82, 2.24) is 0 Å². The predicted molar refractivity (Wildman–Crippen MR) is 118 cm³/mol. The van der Waals surface area contributed by atoms with Gasteiger partial charge in [-0.25, -0.2) is 0 Å². The van der Waals surface area contributed by atoms with Crippen LogP contribution in [0.25, 0.3) is 0 Å². The second-order valence-electron chi connectivity index (χ2n) is 8.91. The number of aliphatic hydroxyl groups is 3. The average molecular weight is 419 g/mol. The van der Waals surface area contributed by atoms with Crippen LogP contribution in [0.4, 0.5) is 0 Å². The van der Waals surface area contributed by atoms with Gasteiger partial charge in [-0.3, -0.25) is 4.79 Å². The van der Waals surface area contributed by atoms with E-state index >= 15 is 0 Å². The number of carbonyl (C=O) groups is 1. The molecular formula is C23H48NO5+. The SMILES string of the molecule is CCCCCCC(O)C[N+](CCO)(CCC(C)C(=O)O)CC(O)CCCCCC. The number of aliphatic carboxylic acids is 1. The fourth-order valence-electron chi connectivity index (χ4n) is 4.04. The van der Waals surface area contributed by atoms with E-state index in [0.29, 0.717) is 49.9 Å². The van der Waals surface area contributed by atoms with Gasteiger partial charge < -0.3 is 24.9 Å². The molecule has 0 aliphatic rings. The zero-order valence-corrected chi connectivity index (χ0v) is 19.2. The summed E-state index contributed by atoms with van der Waals surface area (Å²) in [7, 11) is 0. The van der Waals surface area contributed by atoms with Crippen LogP contribution in [0.1, 0.15) is 91.4 Å². The summed E-state index contributed by atoms with van der Waals surface area (Å²) in [6.07, 6.45) is 9.68. The molecule has 4 N–H and O–H groups in total. The molecule has 0 aliphatic carbocycles. The molecule has 0 saturated heterocycles. The fourth-order valence-corrected chi connectivity index (χ4v) is 4.04. The molecule has 0 radical (unpaired) electrons. The molecule has 0 aromatic heterocycles. The largest absolute Gasteiger partial charge is 0.481 e. The number of carboxylic acid groups (broad SMARTS) is 1. The molecular weight excluding hydrogens is 370 g/mol. The van der Waals surface area contributed by atoms with Crippen molar-refractivity contribution in [3.63, 3.8) is 0 Å². The smallest absolute Gasteiger partial charge is 0.306 e. The highest BCUT2D eigenvalue weighted by atomic mass is 16.4. The molecule has 0 amide bonds. The van der Waals surface area contributed by atoms with Gasteiger partial charge in [-0.1, -0.05) is 72.1 Å². The van der Waals surface area contributed by atoms with Crippen molar-refractivity contribution in [3.05, 3.63) is 0 Å². The molecule has 29 heavy (non-hydrogen) atoms. The molecule has 0 rings (SSSR count). The van der Waals surface area contributed by atoms with Gasteiger partial charge in [0, 0.05) is 6.42 Å². The minimum atomic E-state index is -0.827. The van der Waals surface area contributed by atoms with Crippen molar-refractivity contribution in [2.75, 3.05) is 32.8 Å². The maximum absolute atomic E-state index is 11.3. The highest BCUT2D eigenvalue weighted by Crippen LogP contribution is 2.19. The van der Waals surface area contributed by atoms with E-state index in [1.54, 1.807) is 6.92 Å². The molecule has 0 aromatic carbocycles. The maximum atomic E-state index is 11.3. The zero-order chi connectivity index (χ0) is 22.1. The lowest BCUT2D eigenvalue weighted by atomic mass is 10.0. The molecule has 0 bridgehead atoms. The van der Waals surface area contributed by atoms with Gasteiger partial charge in [0.25, 0.3) is 0 Å². The number of hydrogen-bond acceptors (Lipinski definition) is 4. The van der Waals surface area contributed by atoms with Gasteiger partial charge in [-0.2, -0.15) is 0 Å². The van der Waals surface area contributed by atoms with Gasteiger partial charge in [0.1, 0.15) is 31.8 Å². The van der Waals surface area contributed by atoms with Crippen molar-refractivity contribution >= 4 is 5.97 Å². The van der Waals surface area contributed by atoms with Gasteiger partial charge in [0.05, 0.1) is 19.1 Å². The lowest BCUT2D eigenvalue weighted by molar-refractivity contribution is -0.934. The lowest BCUT2D eigenvalue weighted by Gasteiger charge is -2.41. The fraction of sp³-hybridized carbons (Fsp3) is 0.957. The number of hydrogen-bond donors (Lipinski definition) is 4. The molecule has 3 unspecified atom stereocenters. The first-order valence-electron chi connectivity index (χ1n) is 11.8. The summed E-state index contributed by atoms with van der Waals surface area (Å²) in [4.78, 5) is 11.3. The van der Waals surface area contributed by atoms with Crippen molar-refractivity contribution in [2.24, 2.45) is 5.92 Å². The van der Waals surface area contributed by atoms with Crippen molar-refractivity contribution in [2.45, 2.75) is 104 Å². The maximum Gasteiger partial charge on any atom is 0.306 e. The van der Waals surface area contributed by atoms with Crippen LogP contribution in [0.15, 0.2) is 0 Å². The van der Waals surface area contributed by atoms with E-state index in [1.807, 2.05) is 0 Å². The Morgan fingerprint density at radius 3 is 1.66 bits per heavy atom. The summed E-state index contributed by atoms with van der Waals surface area (Å²) >= 11 is 0. The van der Waals surface area contributed by atoms with Gasteiger partial charge in [-0.05, 0) is 12.8 Å². The van der Waals surface area contributed by atoms with Crippen LogP contribution in [0.2, 0.25) is 0 Å². The van der Waals surface area contributed by atoms with Crippen LogP contribution in [0.5, 0.6) is 0 Å². The molecule has 174 valence electrons. The second kappa shape index (κ2) is 17.0. The van der Waals surface area contributed by atoms with E-state index in [2.05, 4.69) is 13.8 Å². The van der Waals surface area contributed by atoms with E-state index < -0.39 is 24.1 Å². The monoisotopic (exact) mass is 418 g/mol. The molecule has 6 heteroatoms. The first kappa shape index (κ1) is 28.3. The Labute approximate surface area is 178 Å². The highest BCUT2D eigenvalue weighted by Gasteiger charge is 2.33. The first-order valence-corrected chi connectivity index (χ1v) is 11.8. The van der Waals surface area contributed by atoms with Gasteiger partial charge in [0.2, 0.25) is 0 Å². The number of unbranched alkanes of at least 4 members (excludes halogenated alkanes) is 6. The standard InChI is InChI=1S/C23H47NO5/c1-4-6-8-10-12-21(26)18-24(16-17-25,15-14-20(3)23(28)29)19-22(27)13-11-9-7-5-2/h20-22,25-27H,4-19H2,1-3H3/p+1. The number of rotatable bonds is 20. The Kier molecular flexibility index (Phi) is 16.6. The van der Waals surface area contributed by atoms with Crippen LogP contribution >= 0.6 is 0 Å². The topological polar surface area (TPSA) is 98.0 Å². The van der Waals surface area contributed by atoms with E-state index in [-0.39, 0.29) is 6.61 Å². The number of nitrogens with zero attached hydrogens (tertiary/aromatic N) is 1. The van der Waals surface area contributed by atoms with Crippen LogP contribution in [0, 0.1) is 5.92 Å². The van der Waals surface area contributed by atoms with Crippen LogP contribution in [0.3, 0.4) is 0 Å². The summed E-state index contributed by atoms with van der Waals surface area (Å²) in [5.74, 6) is -1.30. The van der Waals surface area contributed by atoms with Gasteiger partial charge >= 0.3 is 5.97 Å². The molecule has 6 nitrogen and oxygen atoms in total. The van der Waals surface area contributed by atoms with Crippen LogP contribution < -0.4 is 0 Å². The third kappa shape index (κ3) is 14.0. The van der Waals surface area contributed by atoms with E-state index in [4.69, 9.17) is 0 Å². The third-order valence-electron chi connectivity index (χ3n) is 6.01. The lowest BCUT2D eigenvalue weighted by Crippen LogP contribution is -2.58. The summed E-state index contributed by atoms with van der Waals surface area (Å²) in [6, 6.07) is 0. The molecule has 0 aliphatic heterocycles. The average Bonchev–Trinajstić information content (AvgIpc) is 2.67. The summed E-state index contributed by atoms with van der Waals surface area (Å²) in [5, 5.41) is 40.2. The highest BCUT2D eigenvalue weighted by molar-refractivity contribution is 5.69. The van der Waals surface area contributed by atoms with Crippen LogP contribution in [-0.2, 0) is 4.79 Å². The molecule has 3 atom stereocenters. The second-order valence-corrected chi connectivity index (χ2v) is 8.91. The number of aliphatic hydroxyl groups excluding tert-OH is 3. The summed E-state index contributed by atoms with van der Waals surface area (Å²) in [5.41, 5.74) is 0. The molecule has 0 spiro atoms. The summed E-state index contributed by atoms with van der Waals surface area (Å²) < 4.78 is 0.387. The van der Waals surface area contributed by atoms with E-state index in [0.717, 1.165) is 51.4 Å². The Balaban J connectivity index is 5.03. The minimum absolute atomic E-state index is 0.0352. The Hall–Kier alpha value is -0.690. The minimum Gasteiger partial charge on any atom is -0.481 e. The van der Waals surface area contributed by atoms with Gasteiger partial charge in [0.15, 0.2) is 0 Å². The quantitative estimate of drug-likeness (QED) is 0.179. The molecule has 0 fully saturated rings. The predicted octanol–water partition coefficient (Wildman–Crippen LogP) is 3.57. The number of quaternary nitrogens is 1. The van der Waals surface area contributed by atoms with Crippen molar-refractivity contribution < 1.29 is 29.7 Å².